The van der Waals surface area contributed by atoms with Crippen LogP contribution in [-0.4, -0.2) is 29.4 Å². The lowest BCUT2D eigenvalue weighted by molar-refractivity contribution is -0.0512. The molecule has 2 aromatic carbocycles. The number of nitrogens with one attached hydrogen (secondary N) is 1. The van der Waals surface area contributed by atoms with Gasteiger partial charge >= 0.3 is 6.61 Å². The fourth-order valence-corrected chi connectivity index (χ4v) is 2.51. The summed E-state index contributed by atoms with van der Waals surface area (Å²) in [5.41, 5.74) is 0.630. The molecule has 0 atom stereocenters. The molecule has 0 saturated carbocycles. The van der Waals surface area contributed by atoms with Gasteiger partial charge in [-0.2, -0.15) is 13.9 Å². The smallest absolute Gasteiger partial charge is 0.387 e. The van der Waals surface area contributed by atoms with Crippen molar-refractivity contribution in [2.75, 3.05) is 12.4 Å². The molecular formula is C19H16F3N3O3. The summed E-state index contributed by atoms with van der Waals surface area (Å²) in [4.78, 5) is 12.4. The first-order chi connectivity index (χ1) is 13.5. The molecule has 28 heavy (non-hydrogen) atoms. The molecule has 0 unspecified atom stereocenters. The Morgan fingerprint density at radius 3 is 2.68 bits per heavy atom. The van der Waals surface area contributed by atoms with E-state index in [0.717, 1.165) is 0 Å². The van der Waals surface area contributed by atoms with E-state index in [-0.39, 0.29) is 35.2 Å². The third-order valence-electron chi connectivity index (χ3n) is 3.81. The molecule has 6 nitrogen and oxygen atoms in total. The van der Waals surface area contributed by atoms with Gasteiger partial charge < -0.3 is 14.8 Å². The second-order valence-corrected chi connectivity index (χ2v) is 5.69. The van der Waals surface area contributed by atoms with Gasteiger partial charge in [0.25, 0.3) is 5.91 Å². The quantitative estimate of drug-likeness (QED) is 0.663. The number of rotatable bonds is 7. The second-order valence-electron chi connectivity index (χ2n) is 5.69. The highest BCUT2D eigenvalue weighted by Crippen LogP contribution is 2.29. The average molecular weight is 391 g/mol. The van der Waals surface area contributed by atoms with Crippen LogP contribution in [0.1, 0.15) is 15.9 Å². The standard InChI is InChI=1S/C19H16F3N3O3/c1-27-16-10-12(6-7-15(16)28-19(21)22)18(26)23-17-8-9-25(24-17)11-13-4-2-3-5-14(13)20/h2-10,19H,11H2,1H3,(H,23,24,26). The van der Waals surface area contributed by atoms with Gasteiger partial charge in [-0.05, 0) is 24.3 Å². The van der Waals surface area contributed by atoms with Gasteiger partial charge in [-0.3, -0.25) is 9.48 Å². The van der Waals surface area contributed by atoms with Crippen molar-refractivity contribution in [1.29, 1.82) is 0 Å². The van der Waals surface area contributed by atoms with Crippen LogP contribution in [0.25, 0.3) is 0 Å². The van der Waals surface area contributed by atoms with E-state index in [1.54, 1.807) is 30.5 Å². The van der Waals surface area contributed by atoms with Crippen molar-refractivity contribution in [3.63, 3.8) is 0 Å². The number of amides is 1. The van der Waals surface area contributed by atoms with Crippen LogP contribution >= 0.6 is 0 Å². The number of alkyl halides is 2. The minimum atomic E-state index is -3.01. The lowest BCUT2D eigenvalue weighted by atomic mass is 10.2. The lowest BCUT2D eigenvalue weighted by Crippen LogP contribution is -2.13. The number of carbonyl (C=O) groups excluding carboxylic acids is 1. The Morgan fingerprint density at radius 1 is 1.18 bits per heavy atom. The highest BCUT2D eigenvalue weighted by molar-refractivity contribution is 6.04. The van der Waals surface area contributed by atoms with Crippen molar-refractivity contribution in [3.05, 3.63) is 71.7 Å². The molecule has 0 aliphatic carbocycles. The molecular weight excluding hydrogens is 375 g/mol. The third-order valence-corrected chi connectivity index (χ3v) is 3.81. The van der Waals surface area contributed by atoms with E-state index < -0.39 is 12.5 Å². The number of nitrogens with zero attached hydrogens (tertiary/aromatic N) is 2. The Hall–Kier alpha value is -3.49. The van der Waals surface area contributed by atoms with E-state index >= 15 is 0 Å². The molecule has 1 amide bonds. The summed E-state index contributed by atoms with van der Waals surface area (Å²) in [5, 5.41) is 6.76. The fraction of sp³-hybridized carbons (Fsp3) is 0.158. The van der Waals surface area contributed by atoms with Gasteiger partial charge in [-0.1, -0.05) is 18.2 Å². The van der Waals surface area contributed by atoms with Crippen molar-refractivity contribution in [2.45, 2.75) is 13.2 Å². The maximum absolute atomic E-state index is 13.7. The number of aromatic nitrogens is 2. The minimum absolute atomic E-state index is 0.00182. The Bertz CT molecular complexity index is 976. The zero-order chi connectivity index (χ0) is 20.1. The van der Waals surface area contributed by atoms with Gasteiger partial charge in [0.05, 0.1) is 13.7 Å². The van der Waals surface area contributed by atoms with E-state index in [0.29, 0.717) is 5.56 Å². The van der Waals surface area contributed by atoms with Crippen molar-refractivity contribution in [2.24, 2.45) is 0 Å². The summed E-state index contributed by atoms with van der Waals surface area (Å²) in [6.45, 7) is -2.80. The topological polar surface area (TPSA) is 65.4 Å². The normalized spacial score (nSPS) is 10.8. The Kier molecular flexibility index (Phi) is 5.83. The molecule has 0 bridgehead atoms. The molecule has 1 aromatic heterocycles. The molecule has 0 aliphatic heterocycles. The molecule has 0 fully saturated rings. The first kappa shape index (κ1) is 19.3. The number of hydrogen-bond donors (Lipinski definition) is 1. The summed E-state index contributed by atoms with van der Waals surface area (Å²) in [6.07, 6.45) is 1.60. The first-order valence-corrected chi connectivity index (χ1v) is 8.17. The zero-order valence-corrected chi connectivity index (χ0v) is 14.7. The number of carbonyl (C=O) groups is 1. The molecule has 0 radical (unpaired) electrons. The first-order valence-electron chi connectivity index (χ1n) is 8.17. The third kappa shape index (κ3) is 4.61. The number of anilines is 1. The van der Waals surface area contributed by atoms with Crippen molar-refractivity contribution >= 4 is 11.7 Å². The molecule has 0 spiro atoms. The monoisotopic (exact) mass is 391 g/mol. The van der Waals surface area contributed by atoms with Gasteiger partial charge in [-0.25, -0.2) is 4.39 Å². The number of hydrogen-bond acceptors (Lipinski definition) is 4. The van der Waals surface area contributed by atoms with Crippen LogP contribution in [0, 0.1) is 5.82 Å². The Balaban J connectivity index is 1.70. The van der Waals surface area contributed by atoms with Crippen LogP contribution in [0.4, 0.5) is 19.0 Å². The fourth-order valence-electron chi connectivity index (χ4n) is 2.51. The highest BCUT2D eigenvalue weighted by Gasteiger charge is 2.15. The van der Waals surface area contributed by atoms with Crippen LogP contribution in [0.15, 0.2) is 54.7 Å². The number of methoxy groups -OCH3 is 1. The summed E-state index contributed by atoms with van der Waals surface area (Å²) in [5.74, 6) is -0.783. The van der Waals surface area contributed by atoms with Crippen molar-refractivity contribution < 1.29 is 27.4 Å². The molecule has 3 rings (SSSR count). The molecule has 3 aromatic rings. The lowest BCUT2D eigenvalue weighted by Gasteiger charge is -2.11. The van der Waals surface area contributed by atoms with Gasteiger partial charge in [0.15, 0.2) is 17.3 Å². The number of ether oxygens (including phenoxy) is 2. The predicted octanol–water partition coefficient (Wildman–Crippen LogP) is 3.93. The van der Waals surface area contributed by atoms with Crippen molar-refractivity contribution in [1.82, 2.24) is 9.78 Å². The van der Waals surface area contributed by atoms with Crippen LogP contribution in [0.3, 0.4) is 0 Å². The van der Waals surface area contributed by atoms with Crippen LogP contribution in [0.2, 0.25) is 0 Å². The van der Waals surface area contributed by atoms with Crippen molar-refractivity contribution in [3.8, 4) is 11.5 Å². The maximum atomic E-state index is 13.7. The van der Waals surface area contributed by atoms with E-state index in [4.69, 9.17) is 4.74 Å². The molecule has 0 saturated heterocycles. The predicted molar refractivity (Wildman–Crippen MR) is 95.3 cm³/mol. The summed E-state index contributed by atoms with van der Waals surface area (Å²) >= 11 is 0. The van der Waals surface area contributed by atoms with E-state index in [1.807, 2.05) is 0 Å². The number of benzene rings is 2. The van der Waals surface area contributed by atoms with Crippen LogP contribution in [0.5, 0.6) is 11.5 Å². The van der Waals surface area contributed by atoms with Gasteiger partial charge in [-0.15, -0.1) is 0 Å². The van der Waals surface area contributed by atoms with Gasteiger partial charge in [0, 0.05) is 23.4 Å². The summed E-state index contributed by atoms with van der Waals surface area (Å²) in [7, 11) is 1.28. The summed E-state index contributed by atoms with van der Waals surface area (Å²) in [6, 6.07) is 11.7. The highest BCUT2D eigenvalue weighted by atomic mass is 19.3. The van der Waals surface area contributed by atoms with Gasteiger partial charge in [0.1, 0.15) is 5.82 Å². The molecule has 0 aliphatic rings. The SMILES string of the molecule is COc1cc(C(=O)Nc2ccn(Cc3ccccc3F)n2)ccc1OC(F)F. The molecule has 1 heterocycles. The number of halogens is 3. The van der Waals surface area contributed by atoms with Gasteiger partial charge in [0.2, 0.25) is 0 Å². The van der Waals surface area contributed by atoms with Crippen LogP contribution < -0.4 is 14.8 Å². The molecule has 1 N–H and O–H groups in total. The largest absolute Gasteiger partial charge is 0.493 e. The van der Waals surface area contributed by atoms with Crippen LogP contribution in [-0.2, 0) is 6.54 Å². The average Bonchev–Trinajstić information content (AvgIpc) is 3.10. The van der Waals surface area contributed by atoms with E-state index in [1.165, 1.54) is 36.1 Å². The maximum Gasteiger partial charge on any atom is 0.387 e. The Labute approximate surface area is 158 Å². The van der Waals surface area contributed by atoms with E-state index in [2.05, 4.69) is 15.2 Å². The molecule has 146 valence electrons. The minimum Gasteiger partial charge on any atom is -0.493 e. The zero-order valence-electron chi connectivity index (χ0n) is 14.7. The van der Waals surface area contributed by atoms with E-state index in [9.17, 15) is 18.0 Å². The summed E-state index contributed by atoms with van der Waals surface area (Å²) < 4.78 is 49.2. The molecule has 9 heteroatoms. The Morgan fingerprint density at radius 2 is 1.96 bits per heavy atom. The second kappa shape index (κ2) is 8.47.